The van der Waals surface area contributed by atoms with E-state index in [1.807, 2.05) is 18.2 Å². The van der Waals surface area contributed by atoms with Gasteiger partial charge in [0.1, 0.15) is 6.33 Å². The van der Waals surface area contributed by atoms with Crippen LogP contribution in [-0.2, 0) is 6.54 Å². The van der Waals surface area contributed by atoms with Gasteiger partial charge in [0, 0.05) is 22.5 Å². The summed E-state index contributed by atoms with van der Waals surface area (Å²) in [6.07, 6.45) is 1.50. The van der Waals surface area contributed by atoms with Crippen LogP contribution in [0.2, 0.25) is 5.02 Å². The zero-order chi connectivity index (χ0) is 13.0. The van der Waals surface area contributed by atoms with Crippen LogP contribution in [0.4, 0.5) is 0 Å². The summed E-state index contributed by atoms with van der Waals surface area (Å²) < 4.78 is 0. The van der Waals surface area contributed by atoms with Crippen molar-refractivity contribution in [2.75, 3.05) is 0 Å². The monoisotopic (exact) mass is 282 g/mol. The molecule has 2 aromatic rings. The van der Waals surface area contributed by atoms with Crippen molar-refractivity contribution in [2.45, 2.75) is 36.5 Å². The number of aromatic nitrogens is 3. The molecule has 0 saturated heterocycles. The fourth-order valence-electron chi connectivity index (χ4n) is 1.43. The number of hydrogen-bond acceptors (Lipinski definition) is 4. The molecule has 0 unspecified atom stereocenters. The maximum absolute atomic E-state index is 6.04. The van der Waals surface area contributed by atoms with Crippen molar-refractivity contribution in [1.82, 2.24) is 20.5 Å². The van der Waals surface area contributed by atoms with Crippen LogP contribution < -0.4 is 5.32 Å². The van der Waals surface area contributed by atoms with Crippen LogP contribution in [-0.4, -0.2) is 21.2 Å². The van der Waals surface area contributed by atoms with E-state index in [0.717, 1.165) is 21.6 Å². The van der Waals surface area contributed by atoms with Crippen molar-refractivity contribution in [3.8, 4) is 0 Å². The highest BCUT2D eigenvalue weighted by Crippen LogP contribution is 2.30. The first-order chi connectivity index (χ1) is 8.65. The van der Waals surface area contributed by atoms with Crippen LogP contribution in [0.15, 0.2) is 34.6 Å². The molecule has 2 N–H and O–H groups in total. The molecule has 0 aliphatic rings. The molecule has 0 fully saturated rings. The van der Waals surface area contributed by atoms with Gasteiger partial charge in [0.2, 0.25) is 0 Å². The quantitative estimate of drug-likeness (QED) is 0.885. The largest absolute Gasteiger partial charge is 0.310 e. The normalized spacial score (nSPS) is 11.1. The second kappa shape index (κ2) is 6.22. The molecule has 0 amide bonds. The number of aromatic amines is 1. The summed E-state index contributed by atoms with van der Waals surface area (Å²) in [7, 11) is 0. The molecule has 0 bridgehead atoms. The van der Waals surface area contributed by atoms with Crippen LogP contribution in [0.3, 0.4) is 0 Å². The lowest BCUT2D eigenvalue weighted by molar-refractivity contribution is 0.584. The lowest BCUT2D eigenvalue weighted by atomic mass is 10.2. The topological polar surface area (TPSA) is 53.6 Å². The Kier molecular flexibility index (Phi) is 4.63. The van der Waals surface area contributed by atoms with Crippen molar-refractivity contribution in [3.05, 3.63) is 35.1 Å². The third kappa shape index (κ3) is 3.73. The van der Waals surface area contributed by atoms with Gasteiger partial charge in [-0.1, -0.05) is 31.5 Å². The zero-order valence-corrected chi connectivity index (χ0v) is 11.8. The molecule has 2 rings (SSSR count). The molecule has 1 aromatic heterocycles. The maximum atomic E-state index is 6.04. The highest BCUT2D eigenvalue weighted by Gasteiger charge is 2.08. The first-order valence-corrected chi connectivity index (χ1v) is 6.89. The summed E-state index contributed by atoms with van der Waals surface area (Å²) in [5.74, 6) is 0. The van der Waals surface area contributed by atoms with E-state index in [1.54, 1.807) is 0 Å². The Balaban J connectivity index is 2.17. The first-order valence-electron chi connectivity index (χ1n) is 5.70. The Labute approximate surface area is 116 Å². The fourth-order valence-corrected chi connectivity index (χ4v) is 2.53. The Hall–Kier alpha value is -1.04. The van der Waals surface area contributed by atoms with Gasteiger partial charge in [-0.05, 0) is 29.5 Å². The Bertz CT molecular complexity index is 499. The highest BCUT2D eigenvalue weighted by atomic mass is 35.5. The van der Waals surface area contributed by atoms with E-state index in [4.69, 9.17) is 11.6 Å². The van der Waals surface area contributed by atoms with Crippen molar-refractivity contribution in [1.29, 1.82) is 0 Å². The van der Waals surface area contributed by atoms with Gasteiger partial charge in [-0.25, -0.2) is 4.98 Å². The predicted octanol–water partition coefficient (Wildman–Crippen LogP) is 3.11. The van der Waals surface area contributed by atoms with E-state index in [9.17, 15) is 0 Å². The zero-order valence-electron chi connectivity index (χ0n) is 10.3. The number of hydrogen-bond donors (Lipinski definition) is 2. The van der Waals surface area contributed by atoms with E-state index in [1.165, 1.54) is 23.7 Å². The van der Waals surface area contributed by atoms with Gasteiger partial charge >= 0.3 is 0 Å². The smallest absolute Gasteiger partial charge is 0.188 e. The third-order valence-electron chi connectivity index (χ3n) is 2.33. The number of rotatable bonds is 5. The Morgan fingerprint density at radius 1 is 1.44 bits per heavy atom. The number of H-pyrrole nitrogens is 1. The molecule has 0 aliphatic carbocycles. The minimum atomic E-state index is 0.448. The standard InChI is InChI=1S/C12H15ClN4S/c1-8(2)14-6-9-3-4-10(13)5-11(9)18-12-15-7-16-17-12/h3-5,7-8,14H,6H2,1-2H3,(H,15,16,17). The van der Waals surface area contributed by atoms with E-state index in [0.29, 0.717) is 6.04 Å². The van der Waals surface area contributed by atoms with Crippen LogP contribution in [0, 0.1) is 0 Å². The summed E-state index contributed by atoms with van der Waals surface area (Å²) in [4.78, 5) is 5.20. The molecular weight excluding hydrogens is 268 g/mol. The van der Waals surface area contributed by atoms with E-state index < -0.39 is 0 Å². The summed E-state index contributed by atoms with van der Waals surface area (Å²) in [6, 6.07) is 6.34. The minimum Gasteiger partial charge on any atom is -0.310 e. The second-order valence-corrected chi connectivity index (χ2v) is 5.65. The highest BCUT2D eigenvalue weighted by molar-refractivity contribution is 7.99. The molecule has 6 heteroatoms. The molecule has 1 heterocycles. The lowest BCUT2D eigenvalue weighted by Gasteiger charge is -2.11. The van der Waals surface area contributed by atoms with Crippen molar-refractivity contribution in [2.24, 2.45) is 0 Å². The average molecular weight is 283 g/mol. The SMILES string of the molecule is CC(C)NCc1ccc(Cl)cc1Sc1ncn[nH]1. The molecule has 1 aromatic carbocycles. The molecular formula is C12H15ClN4S. The molecule has 0 atom stereocenters. The molecule has 0 radical (unpaired) electrons. The van der Waals surface area contributed by atoms with Crippen LogP contribution in [0.1, 0.15) is 19.4 Å². The van der Waals surface area contributed by atoms with Crippen molar-refractivity contribution >= 4 is 23.4 Å². The van der Waals surface area contributed by atoms with E-state index in [2.05, 4.69) is 34.3 Å². The summed E-state index contributed by atoms with van der Waals surface area (Å²) >= 11 is 7.57. The first kappa shape index (κ1) is 13.4. The van der Waals surface area contributed by atoms with Crippen molar-refractivity contribution in [3.63, 3.8) is 0 Å². The number of halogens is 1. The lowest BCUT2D eigenvalue weighted by Crippen LogP contribution is -2.22. The van der Waals surface area contributed by atoms with Gasteiger partial charge in [-0.15, -0.1) is 0 Å². The van der Waals surface area contributed by atoms with Gasteiger partial charge in [-0.3, -0.25) is 5.10 Å². The number of benzene rings is 1. The van der Waals surface area contributed by atoms with Crippen molar-refractivity contribution < 1.29 is 0 Å². The minimum absolute atomic E-state index is 0.448. The number of nitrogens with one attached hydrogen (secondary N) is 2. The summed E-state index contributed by atoms with van der Waals surface area (Å²) in [5, 5.41) is 11.6. The van der Waals surface area contributed by atoms with Gasteiger partial charge in [-0.2, -0.15) is 5.10 Å². The van der Waals surface area contributed by atoms with Crippen LogP contribution in [0.25, 0.3) is 0 Å². The number of nitrogens with zero attached hydrogens (tertiary/aromatic N) is 2. The molecule has 96 valence electrons. The van der Waals surface area contributed by atoms with Gasteiger partial charge in [0.05, 0.1) is 0 Å². The molecule has 0 aliphatic heterocycles. The molecule has 0 spiro atoms. The van der Waals surface area contributed by atoms with Crippen LogP contribution >= 0.6 is 23.4 Å². The average Bonchev–Trinajstić information content (AvgIpc) is 2.80. The van der Waals surface area contributed by atoms with Gasteiger partial charge in [0.25, 0.3) is 0 Å². The predicted molar refractivity (Wildman–Crippen MR) is 73.9 cm³/mol. The Morgan fingerprint density at radius 3 is 2.94 bits per heavy atom. The Morgan fingerprint density at radius 2 is 2.28 bits per heavy atom. The van der Waals surface area contributed by atoms with Gasteiger partial charge in [0.15, 0.2) is 5.16 Å². The molecule has 18 heavy (non-hydrogen) atoms. The fraction of sp³-hybridized carbons (Fsp3) is 0.333. The van der Waals surface area contributed by atoms with Gasteiger partial charge < -0.3 is 5.32 Å². The molecule has 0 saturated carbocycles. The van der Waals surface area contributed by atoms with E-state index >= 15 is 0 Å². The van der Waals surface area contributed by atoms with Crippen LogP contribution in [0.5, 0.6) is 0 Å². The molecule has 4 nitrogen and oxygen atoms in total. The third-order valence-corrected chi connectivity index (χ3v) is 3.55. The summed E-state index contributed by atoms with van der Waals surface area (Å²) in [6.45, 7) is 5.06. The second-order valence-electron chi connectivity index (χ2n) is 4.18. The maximum Gasteiger partial charge on any atom is 0.188 e. The van der Waals surface area contributed by atoms with E-state index in [-0.39, 0.29) is 0 Å². The summed E-state index contributed by atoms with van der Waals surface area (Å²) in [5.41, 5.74) is 1.20.